The molecule has 0 amide bonds. The molecule has 1 aromatic carbocycles. The average molecular weight is 293 g/mol. The molecule has 0 aromatic heterocycles. The second-order valence-electron chi connectivity index (χ2n) is 5.85. The molecule has 3 nitrogen and oxygen atoms in total. The zero-order chi connectivity index (χ0) is 13.9. The molecule has 2 aliphatic rings. The minimum absolute atomic E-state index is 0.198. The third kappa shape index (κ3) is 3.22. The fourth-order valence-electron chi connectivity index (χ4n) is 3.29. The molecule has 3 rings (SSSR count). The van der Waals surface area contributed by atoms with E-state index in [1.807, 2.05) is 12.1 Å². The quantitative estimate of drug-likeness (QED) is 0.797. The Balaban J connectivity index is 1.53. The first-order valence-electron chi connectivity index (χ1n) is 7.47. The Labute approximate surface area is 125 Å². The Morgan fingerprint density at radius 1 is 1.15 bits per heavy atom. The predicted molar refractivity (Wildman–Crippen MR) is 81.4 cm³/mol. The number of likely N-dealkylation sites (tertiary alicyclic amines) is 2. The molecule has 2 aliphatic heterocycles. The Hall–Kier alpha value is -0.900. The fourth-order valence-corrected chi connectivity index (χ4v) is 3.42. The van der Waals surface area contributed by atoms with E-state index in [-0.39, 0.29) is 5.78 Å². The molecule has 0 aliphatic carbocycles. The van der Waals surface area contributed by atoms with E-state index in [4.69, 9.17) is 11.6 Å². The second-order valence-corrected chi connectivity index (χ2v) is 6.29. The molecule has 2 fully saturated rings. The van der Waals surface area contributed by atoms with Gasteiger partial charge in [-0.25, -0.2) is 0 Å². The van der Waals surface area contributed by atoms with Crippen molar-refractivity contribution in [2.45, 2.75) is 25.3 Å². The van der Waals surface area contributed by atoms with Gasteiger partial charge in [-0.2, -0.15) is 0 Å². The van der Waals surface area contributed by atoms with E-state index < -0.39 is 0 Å². The Morgan fingerprint density at radius 2 is 1.85 bits per heavy atom. The molecule has 0 saturated carbocycles. The molecule has 0 N–H and O–H groups in total. The van der Waals surface area contributed by atoms with Gasteiger partial charge in [0.15, 0.2) is 5.78 Å². The van der Waals surface area contributed by atoms with Crippen LogP contribution in [0.25, 0.3) is 0 Å². The molecular weight excluding hydrogens is 272 g/mol. The molecule has 2 heterocycles. The van der Waals surface area contributed by atoms with Crippen LogP contribution in [0.5, 0.6) is 0 Å². The summed E-state index contributed by atoms with van der Waals surface area (Å²) in [6, 6.07) is 7.87. The van der Waals surface area contributed by atoms with Crippen molar-refractivity contribution in [2.24, 2.45) is 0 Å². The summed E-state index contributed by atoms with van der Waals surface area (Å²) in [6.45, 7) is 5.10. The zero-order valence-corrected chi connectivity index (χ0v) is 12.5. The lowest BCUT2D eigenvalue weighted by molar-refractivity contribution is 0.0940. The van der Waals surface area contributed by atoms with Crippen molar-refractivity contribution in [1.29, 1.82) is 0 Å². The zero-order valence-electron chi connectivity index (χ0n) is 11.7. The van der Waals surface area contributed by atoms with Crippen molar-refractivity contribution in [3.8, 4) is 0 Å². The van der Waals surface area contributed by atoms with Crippen LogP contribution in [0.4, 0.5) is 0 Å². The molecule has 20 heavy (non-hydrogen) atoms. The first kappa shape index (κ1) is 14.1. The molecule has 0 bridgehead atoms. The number of rotatable bonds is 4. The lowest BCUT2D eigenvalue weighted by Crippen LogP contribution is -2.36. The average Bonchev–Trinajstić information content (AvgIpc) is 3.09. The lowest BCUT2D eigenvalue weighted by atomic mass is 10.1. The number of halogens is 1. The molecule has 1 unspecified atom stereocenters. The van der Waals surface area contributed by atoms with Gasteiger partial charge in [0.25, 0.3) is 0 Å². The van der Waals surface area contributed by atoms with Crippen molar-refractivity contribution in [3.05, 3.63) is 34.9 Å². The summed E-state index contributed by atoms with van der Waals surface area (Å²) in [4.78, 5) is 17.1. The number of ketones is 1. The van der Waals surface area contributed by atoms with Gasteiger partial charge in [-0.3, -0.25) is 14.6 Å². The minimum Gasteiger partial charge on any atom is -0.299 e. The van der Waals surface area contributed by atoms with Crippen LogP contribution in [0.2, 0.25) is 5.02 Å². The highest BCUT2D eigenvalue weighted by atomic mass is 35.5. The molecule has 108 valence electrons. The van der Waals surface area contributed by atoms with Gasteiger partial charge in [0, 0.05) is 29.7 Å². The molecular formula is C16H21ClN2O. The second kappa shape index (κ2) is 6.25. The van der Waals surface area contributed by atoms with Crippen LogP contribution in [0.15, 0.2) is 24.3 Å². The third-order valence-electron chi connectivity index (χ3n) is 4.44. The van der Waals surface area contributed by atoms with Gasteiger partial charge < -0.3 is 0 Å². The van der Waals surface area contributed by atoms with E-state index in [0.29, 0.717) is 17.6 Å². The Kier molecular flexibility index (Phi) is 4.39. The summed E-state index contributed by atoms with van der Waals surface area (Å²) >= 11 is 5.85. The highest BCUT2D eigenvalue weighted by molar-refractivity contribution is 6.30. The van der Waals surface area contributed by atoms with Crippen LogP contribution in [-0.4, -0.2) is 54.3 Å². The van der Waals surface area contributed by atoms with E-state index in [1.54, 1.807) is 12.1 Å². The van der Waals surface area contributed by atoms with E-state index in [2.05, 4.69) is 9.80 Å². The van der Waals surface area contributed by atoms with Crippen LogP contribution >= 0.6 is 11.6 Å². The summed E-state index contributed by atoms with van der Waals surface area (Å²) < 4.78 is 0. The standard InChI is InChI=1S/C16H21ClN2O/c17-14-5-3-13(4-6-14)16(20)12-18-10-7-15(11-18)19-8-1-2-9-19/h3-6,15H,1-2,7-12H2. The number of hydrogen-bond donors (Lipinski definition) is 0. The van der Waals surface area contributed by atoms with E-state index in [9.17, 15) is 4.79 Å². The van der Waals surface area contributed by atoms with Crippen molar-refractivity contribution in [3.63, 3.8) is 0 Å². The number of nitrogens with zero attached hydrogens (tertiary/aromatic N) is 2. The summed E-state index contributed by atoms with van der Waals surface area (Å²) in [7, 11) is 0. The number of benzene rings is 1. The fraction of sp³-hybridized carbons (Fsp3) is 0.562. The smallest absolute Gasteiger partial charge is 0.176 e. The molecule has 1 aromatic rings. The van der Waals surface area contributed by atoms with Crippen molar-refractivity contribution in [2.75, 3.05) is 32.7 Å². The van der Waals surface area contributed by atoms with E-state index in [0.717, 1.165) is 18.7 Å². The van der Waals surface area contributed by atoms with Crippen LogP contribution < -0.4 is 0 Å². The van der Waals surface area contributed by atoms with E-state index in [1.165, 1.54) is 32.4 Å². The summed E-state index contributed by atoms with van der Waals surface area (Å²) in [5.41, 5.74) is 0.763. The topological polar surface area (TPSA) is 23.6 Å². The number of carbonyl (C=O) groups is 1. The highest BCUT2D eigenvalue weighted by Gasteiger charge is 2.29. The number of hydrogen-bond acceptors (Lipinski definition) is 3. The predicted octanol–water partition coefficient (Wildman–Crippen LogP) is 2.69. The van der Waals surface area contributed by atoms with Crippen LogP contribution in [0, 0.1) is 0 Å². The molecule has 4 heteroatoms. The van der Waals surface area contributed by atoms with Crippen molar-refractivity contribution in [1.82, 2.24) is 9.80 Å². The van der Waals surface area contributed by atoms with Gasteiger partial charge in [-0.15, -0.1) is 0 Å². The molecule has 0 radical (unpaired) electrons. The van der Waals surface area contributed by atoms with Crippen molar-refractivity contribution >= 4 is 17.4 Å². The van der Waals surface area contributed by atoms with Crippen LogP contribution in [0.1, 0.15) is 29.6 Å². The van der Waals surface area contributed by atoms with Crippen LogP contribution in [0.3, 0.4) is 0 Å². The SMILES string of the molecule is O=C(CN1CCC(N2CCCC2)C1)c1ccc(Cl)cc1. The molecule has 1 atom stereocenters. The van der Waals surface area contributed by atoms with Gasteiger partial charge in [0.05, 0.1) is 6.54 Å². The Bertz CT molecular complexity index is 468. The largest absolute Gasteiger partial charge is 0.299 e. The summed E-state index contributed by atoms with van der Waals surface area (Å²) in [5.74, 6) is 0.198. The Morgan fingerprint density at radius 3 is 2.55 bits per heavy atom. The van der Waals surface area contributed by atoms with Crippen molar-refractivity contribution < 1.29 is 4.79 Å². The number of Topliss-reactive ketones (excluding diaryl/α,β-unsaturated/α-hetero) is 1. The monoisotopic (exact) mass is 292 g/mol. The third-order valence-corrected chi connectivity index (χ3v) is 4.69. The summed E-state index contributed by atoms with van der Waals surface area (Å²) in [6.07, 6.45) is 3.87. The van der Waals surface area contributed by atoms with Crippen LogP contribution in [-0.2, 0) is 0 Å². The maximum atomic E-state index is 12.2. The number of carbonyl (C=O) groups excluding carboxylic acids is 1. The van der Waals surface area contributed by atoms with Gasteiger partial charge >= 0.3 is 0 Å². The first-order chi connectivity index (χ1) is 9.72. The first-order valence-corrected chi connectivity index (χ1v) is 7.85. The molecule has 2 saturated heterocycles. The van der Waals surface area contributed by atoms with Gasteiger partial charge in [0.2, 0.25) is 0 Å². The normalized spacial score (nSPS) is 24.4. The van der Waals surface area contributed by atoms with Gasteiger partial charge in [-0.05, 0) is 56.6 Å². The lowest BCUT2D eigenvalue weighted by Gasteiger charge is -2.23. The maximum absolute atomic E-state index is 12.2. The molecule has 0 spiro atoms. The van der Waals surface area contributed by atoms with E-state index >= 15 is 0 Å². The van der Waals surface area contributed by atoms with Gasteiger partial charge in [0.1, 0.15) is 0 Å². The summed E-state index contributed by atoms with van der Waals surface area (Å²) in [5, 5.41) is 0.678. The highest BCUT2D eigenvalue weighted by Crippen LogP contribution is 2.20. The minimum atomic E-state index is 0.198. The maximum Gasteiger partial charge on any atom is 0.176 e. The van der Waals surface area contributed by atoms with Gasteiger partial charge in [-0.1, -0.05) is 11.6 Å².